The van der Waals surface area contributed by atoms with Gasteiger partial charge in [-0.05, 0) is 25.1 Å². The minimum atomic E-state index is -0.184. The van der Waals surface area contributed by atoms with Crippen molar-refractivity contribution in [1.29, 1.82) is 0 Å². The molecule has 0 spiro atoms. The highest BCUT2D eigenvalue weighted by Crippen LogP contribution is 2.37. The summed E-state index contributed by atoms with van der Waals surface area (Å²) in [5.74, 6) is 1.23. The molecule has 1 fully saturated rings. The van der Waals surface area contributed by atoms with Crippen LogP contribution in [0.25, 0.3) is 0 Å². The van der Waals surface area contributed by atoms with E-state index in [0.29, 0.717) is 13.2 Å². The van der Waals surface area contributed by atoms with Crippen molar-refractivity contribution in [2.75, 3.05) is 33.9 Å². The largest absolute Gasteiger partial charge is 0.497 e. The molecule has 0 amide bonds. The third-order valence-corrected chi connectivity index (χ3v) is 3.64. The third kappa shape index (κ3) is 2.88. The zero-order chi connectivity index (χ0) is 14.5. The number of methoxy groups -OCH3 is 2. The predicted molar refractivity (Wildman–Crippen MR) is 75.3 cm³/mol. The molecular formula is C15H21NO4. The molecule has 0 radical (unpaired) electrons. The van der Waals surface area contributed by atoms with Gasteiger partial charge in [-0.15, -0.1) is 0 Å². The first-order valence-corrected chi connectivity index (χ1v) is 6.80. The first kappa shape index (κ1) is 14.7. The summed E-state index contributed by atoms with van der Waals surface area (Å²) in [5, 5.41) is 3.25. The molecule has 5 heteroatoms. The Labute approximate surface area is 119 Å². The van der Waals surface area contributed by atoms with E-state index in [1.807, 2.05) is 25.1 Å². The Morgan fingerprint density at radius 3 is 2.75 bits per heavy atom. The van der Waals surface area contributed by atoms with E-state index in [4.69, 9.17) is 14.2 Å². The van der Waals surface area contributed by atoms with Crippen LogP contribution in [0.2, 0.25) is 0 Å². The summed E-state index contributed by atoms with van der Waals surface area (Å²) >= 11 is 0. The number of hydrogen-bond acceptors (Lipinski definition) is 5. The number of rotatable bonds is 5. The van der Waals surface area contributed by atoms with E-state index in [9.17, 15) is 4.79 Å². The van der Waals surface area contributed by atoms with Crippen LogP contribution in [0, 0.1) is 5.92 Å². The monoisotopic (exact) mass is 279 g/mol. The number of carbonyl (C=O) groups is 1. The van der Waals surface area contributed by atoms with E-state index in [1.54, 1.807) is 14.2 Å². The Hall–Kier alpha value is -1.75. The fourth-order valence-electron chi connectivity index (χ4n) is 2.63. The molecule has 110 valence electrons. The van der Waals surface area contributed by atoms with Gasteiger partial charge in [0.25, 0.3) is 0 Å². The predicted octanol–water partition coefficient (Wildman–Crippen LogP) is 1.57. The summed E-state index contributed by atoms with van der Waals surface area (Å²) in [7, 11) is 3.26. The molecule has 2 atom stereocenters. The number of esters is 1. The van der Waals surface area contributed by atoms with Crippen LogP contribution in [-0.4, -0.2) is 39.9 Å². The minimum absolute atomic E-state index is 0.0408. The van der Waals surface area contributed by atoms with Crippen molar-refractivity contribution < 1.29 is 19.0 Å². The average molecular weight is 279 g/mol. The third-order valence-electron chi connectivity index (χ3n) is 3.64. The molecule has 0 aliphatic carbocycles. The summed E-state index contributed by atoms with van der Waals surface area (Å²) < 4.78 is 15.8. The van der Waals surface area contributed by atoms with Gasteiger partial charge in [0.15, 0.2) is 0 Å². The van der Waals surface area contributed by atoms with Crippen LogP contribution in [0.4, 0.5) is 0 Å². The number of carbonyl (C=O) groups excluding carboxylic acids is 1. The van der Waals surface area contributed by atoms with Crippen LogP contribution in [0.15, 0.2) is 18.2 Å². The lowest BCUT2D eigenvalue weighted by Crippen LogP contribution is -2.24. The Bertz CT molecular complexity index is 475. The smallest absolute Gasteiger partial charge is 0.310 e. The molecule has 1 aromatic carbocycles. The van der Waals surface area contributed by atoms with Gasteiger partial charge in [0.05, 0.1) is 26.7 Å². The molecule has 1 N–H and O–H groups in total. The number of nitrogens with one attached hydrogen (secondary N) is 1. The molecule has 5 nitrogen and oxygen atoms in total. The molecule has 0 saturated carbocycles. The zero-order valence-corrected chi connectivity index (χ0v) is 12.1. The van der Waals surface area contributed by atoms with E-state index in [-0.39, 0.29) is 17.8 Å². The highest BCUT2D eigenvalue weighted by molar-refractivity contribution is 5.75. The van der Waals surface area contributed by atoms with Crippen molar-refractivity contribution in [3.8, 4) is 11.5 Å². The first-order chi connectivity index (χ1) is 9.71. The lowest BCUT2D eigenvalue weighted by molar-refractivity contribution is -0.147. The maximum Gasteiger partial charge on any atom is 0.310 e. The molecule has 1 aromatic rings. The summed E-state index contributed by atoms with van der Waals surface area (Å²) in [4.78, 5) is 12.0. The Balaban J connectivity index is 2.31. The van der Waals surface area contributed by atoms with Crippen molar-refractivity contribution in [3.63, 3.8) is 0 Å². The van der Waals surface area contributed by atoms with Crippen molar-refractivity contribution >= 4 is 5.97 Å². The van der Waals surface area contributed by atoms with E-state index < -0.39 is 0 Å². The van der Waals surface area contributed by atoms with Crippen molar-refractivity contribution in [1.82, 2.24) is 5.32 Å². The topological polar surface area (TPSA) is 56.8 Å². The fraction of sp³-hybridized carbons (Fsp3) is 0.533. The van der Waals surface area contributed by atoms with Crippen LogP contribution < -0.4 is 14.8 Å². The Morgan fingerprint density at radius 2 is 2.10 bits per heavy atom. The lowest BCUT2D eigenvalue weighted by Gasteiger charge is -2.20. The van der Waals surface area contributed by atoms with E-state index >= 15 is 0 Å². The van der Waals surface area contributed by atoms with Gasteiger partial charge in [-0.1, -0.05) is 0 Å². The number of ether oxygens (including phenoxy) is 3. The summed E-state index contributed by atoms with van der Waals surface area (Å²) in [6.07, 6.45) is 0. The highest BCUT2D eigenvalue weighted by Gasteiger charge is 2.36. The Kier molecular flexibility index (Phi) is 4.84. The average Bonchev–Trinajstić information content (AvgIpc) is 2.96. The van der Waals surface area contributed by atoms with E-state index in [1.165, 1.54) is 0 Å². The van der Waals surface area contributed by atoms with Crippen molar-refractivity contribution in [2.45, 2.75) is 12.8 Å². The van der Waals surface area contributed by atoms with Gasteiger partial charge in [-0.25, -0.2) is 0 Å². The molecule has 1 aliphatic rings. The minimum Gasteiger partial charge on any atom is -0.497 e. The van der Waals surface area contributed by atoms with Gasteiger partial charge in [0, 0.05) is 24.6 Å². The van der Waals surface area contributed by atoms with Gasteiger partial charge in [-0.2, -0.15) is 0 Å². The van der Waals surface area contributed by atoms with Crippen LogP contribution >= 0.6 is 0 Å². The standard InChI is InChI=1S/C15H21NO4/c1-4-20-15(17)13-9-16-8-12(13)11-7-10(18-2)5-6-14(11)19-3/h5-7,12-13,16H,4,8-9H2,1-3H3. The SMILES string of the molecule is CCOC(=O)C1CNCC1c1cc(OC)ccc1OC. The van der Waals surface area contributed by atoms with Gasteiger partial charge in [-0.3, -0.25) is 4.79 Å². The number of hydrogen-bond donors (Lipinski definition) is 1. The zero-order valence-electron chi connectivity index (χ0n) is 12.1. The summed E-state index contributed by atoms with van der Waals surface area (Å²) in [6.45, 7) is 3.58. The van der Waals surface area contributed by atoms with Crippen LogP contribution in [0.5, 0.6) is 11.5 Å². The molecule has 0 aromatic heterocycles. The molecular weight excluding hydrogens is 258 g/mol. The molecule has 1 saturated heterocycles. The molecule has 0 bridgehead atoms. The van der Waals surface area contributed by atoms with Gasteiger partial charge >= 0.3 is 5.97 Å². The van der Waals surface area contributed by atoms with Gasteiger partial charge < -0.3 is 19.5 Å². The van der Waals surface area contributed by atoms with E-state index in [0.717, 1.165) is 23.6 Å². The first-order valence-electron chi connectivity index (χ1n) is 6.80. The molecule has 2 rings (SSSR count). The number of benzene rings is 1. The molecule has 1 aliphatic heterocycles. The normalized spacial score (nSPS) is 21.6. The highest BCUT2D eigenvalue weighted by atomic mass is 16.5. The Morgan fingerprint density at radius 1 is 1.30 bits per heavy atom. The van der Waals surface area contributed by atoms with Crippen LogP contribution in [-0.2, 0) is 9.53 Å². The van der Waals surface area contributed by atoms with Crippen molar-refractivity contribution in [2.24, 2.45) is 5.92 Å². The second-order valence-electron chi connectivity index (χ2n) is 4.73. The maximum atomic E-state index is 12.0. The maximum absolute atomic E-state index is 12.0. The van der Waals surface area contributed by atoms with E-state index in [2.05, 4.69) is 5.32 Å². The van der Waals surface area contributed by atoms with Gasteiger partial charge in [0.2, 0.25) is 0 Å². The van der Waals surface area contributed by atoms with Crippen LogP contribution in [0.3, 0.4) is 0 Å². The summed E-state index contributed by atoms with van der Waals surface area (Å²) in [6, 6.07) is 5.65. The quantitative estimate of drug-likeness (QED) is 0.829. The second-order valence-corrected chi connectivity index (χ2v) is 4.73. The van der Waals surface area contributed by atoms with Gasteiger partial charge in [0.1, 0.15) is 11.5 Å². The van der Waals surface area contributed by atoms with Crippen LogP contribution in [0.1, 0.15) is 18.4 Å². The second kappa shape index (κ2) is 6.61. The van der Waals surface area contributed by atoms with Crippen molar-refractivity contribution in [3.05, 3.63) is 23.8 Å². The fourth-order valence-corrected chi connectivity index (χ4v) is 2.63. The molecule has 1 heterocycles. The summed E-state index contributed by atoms with van der Waals surface area (Å²) in [5.41, 5.74) is 0.981. The molecule has 20 heavy (non-hydrogen) atoms. The molecule has 2 unspecified atom stereocenters. The lowest BCUT2D eigenvalue weighted by atomic mass is 9.88.